The number of hydrogen-bond donors (Lipinski definition) is 2. The minimum absolute atomic E-state index is 0.0967. The van der Waals surface area contributed by atoms with Crippen LogP contribution in [0.5, 0.6) is 0 Å². The molecule has 0 saturated heterocycles. The summed E-state index contributed by atoms with van der Waals surface area (Å²) in [5, 5.41) is 6.21. The fraction of sp³-hybridized carbons (Fsp3) is 0.200. The normalized spacial score (nSPS) is 19.7. The summed E-state index contributed by atoms with van der Waals surface area (Å²) in [7, 11) is 0. The number of carbonyl (C=O) groups excluding carboxylic acids is 2. The topological polar surface area (TPSA) is 70.7 Å². The maximum Gasteiger partial charge on any atom is 0.323 e. The van der Waals surface area contributed by atoms with E-state index in [1.165, 1.54) is 11.8 Å². The lowest BCUT2D eigenvalue weighted by molar-refractivity contribution is -0.153. The molecule has 0 saturated carbocycles. The van der Waals surface area contributed by atoms with Gasteiger partial charge in [-0.2, -0.15) is 0 Å². The molecule has 0 bridgehead atoms. The Balaban J connectivity index is 1.59. The lowest BCUT2D eigenvalue weighted by atomic mass is 9.97. The number of allylic oxidation sites excluding steroid dienone is 2. The van der Waals surface area contributed by atoms with E-state index in [1.54, 1.807) is 29.4 Å². The van der Waals surface area contributed by atoms with Gasteiger partial charge in [-0.25, -0.2) is 0 Å². The molecule has 0 spiro atoms. The highest BCUT2D eigenvalue weighted by molar-refractivity contribution is 8.05. The lowest BCUT2D eigenvalue weighted by Crippen LogP contribution is -2.50. The van der Waals surface area contributed by atoms with Gasteiger partial charge in [-0.1, -0.05) is 90.1 Å². The molecule has 4 rings (SSSR count). The third-order valence-electron chi connectivity index (χ3n) is 5.18. The number of nitrogens with one attached hydrogen (secondary N) is 2. The van der Waals surface area contributed by atoms with Crippen molar-refractivity contribution < 1.29 is 14.3 Å². The van der Waals surface area contributed by atoms with E-state index in [2.05, 4.69) is 10.6 Å². The van der Waals surface area contributed by atoms with Crippen LogP contribution in [0.25, 0.3) is 0 Å². The second-order valence-electron chi connectivity index (χ2n) is 7.47. The maximum atomic E-state index is 13.9. The number of esters is 1. The summed E-state index contributed by atoms with van der Waals surface area (Å²) in [6, 6.07) is 18.4. The molecule has 2 heterocycles. The molecule has 0 aliphatic carbocycles. The number of ether oxygens (including phenoxy) is 1. The first-order valence-electron chi connectivity index (χ1n) is 10.5. The fourth-order valence-electron chi connectivity index (χ4n) is 3.55. The molecule has 0 aromatic heterocycles. The molecule has 3 atom stereocenters. The largest absolute Gasteiger partial charge is 0.460 e. The summed E-state index contributed by atoms with van der Waals surface area (Å²) in [6.07, 6.45) is 8.76. The Labute approximate surface area is 202 Å². The minimum atomic E-state index is -1.09. The zero-order chi connectivity index (χ0) is 23.0. The van der Waals surface area contributed by atoms with Crippen LogP contribution in [-0.2, 0) is 20.9 Å². The third-order valence-corrected chi connectivity index (χ3v) is 6.47. The third kappa shape index (κ3) is 6.00. The molecule has 8 heteroatoms. The summed E-state index contributed by atoms with van der Waals surface area (Å²) in [5.41, 5.74) is 1.44. The summed E-state index contributed by atoms with van der Waals surface area (Å²) in [4.78, 5) is 29.4. The Kier molecular flexibility index (Phi) is 7.75. The standard InChI is InChI=1S/C25H24ClN3O3S/c26-25-28-15-20(33-25)16-29(21-13-7-8-14-27-21)23(30)22(19-11-5-2-6-12-19)24(31)32-17-18-9-3-1-4-10-18/h1-15,21-22,25,27-28H,16-17H2. The van der Waals surface area contributed by atoms with E-state index < -0.39 is 18.1 Å². The highest BCUT2D eigenvalue weighted by atomic mass is 35.5. The van der Waals surface area contributed by atoms with Gasteiger partial charge in [-0.15, -0.1) is 0 Å². The molecule has 170 valence electrons. The Morgan fingerprint density at radius 1 is 1.03 bits per heavy atom. The SMILES string of the molecule is O=C(OCc1ccccc1)C(C(=O)N(CC1=CNC(Cl)S1)C1C=CC=CN1)c1ccccc1. The van der Waals surface area contributed by atoms with E-state index in [0.717, 1.165) is 10.5 Å². The highest BCUT2D eigenvalue weighted by Gasteiger charge is 2.37. The first-order valence-corrected chi connectivity index (χ1v) is 11.8. The van der Waals surface area contributed by atoms with E-state index >= 15 is 0 Å². The van der Waals surface area contributed by atoms with E-state index in [4.69, 9.17) is 16.3 Å². The van der Waals surface area contributed by atoms with Gasteiger partial charge in [-0.05, 0) is 29.5 Å². The molecule has 1 amide bonds. The summed E-state index contributed by atoms with van der Waals surface area (Å²) >= 11 is 7.58. The van der Waals surface area contributed by atoms with Crippen molar-refractivity contribution in [3.05, 3.63) is 107 Å². The van der Waals surface area contributed by atoms with Crippen molar-refractivity contribution in [2.24, 2.45) is 0 Å². The first kappa shape index (κ1) is 23.0. The highest BCUT2D eigenvalue weighted by Crippen LogP contribution is 2.31. The van der Waals surface area contributed by atoms with Gasteiger partial charge in [0.25, 0.3) is 0 Å². The average Bonchev–Trinajstić information content (AvgIpc) is 3.28. The zero-order valence-electron chi connectivity index (χ0n) is 17.8. The molecule has 2 N–H and O–H groups in total. The van der Waals surface area contributed by atoms with Gasteiger partial charge in [0.2, 0.25) is 5.91 Å². The molecule has 6 nitrogen and oxygen atoms in total. The Morgan fingerprint density at radius 3 is 2.39 bits per heavy atom. The number of thioether (sulfide) groups is 1. The van der Waals surface area contributed by atoms with Gasteiger partial charge in [0.1, 0.15) is 12.8 Å². The van der Waals surface area contributed by atoms with Crippen LogP contribution in [0.2, 0.25) is 0 Å². The van der Waals surface area contributed by atoms with Crippen LogP contribution in [0.4, 0.5) is 0 Å². The second kappa shape index (κ2) is 11.1. The monoisotopic (exact) mass is 481 g/mol. The van der Waals surface area contributed by atoms with Crippen molar-refractivity contribution in [3.8, 4) is 0 Å². The molecule has 2 aliphatic heterocycles. The molecule has 2 aromatic rings. The van der Waals surface area contributed by atoms with Crippen LogP contribution in [0, 0.1) is 0 Å². The van der Waals surface area contributed by atoms with Crippen LogP contribution in [0.15, 0.2) is 96.2 Å². The number of benzene rings is 2. The number of alkyl halides is 1. The Hall–Kier alpha value is -3.16. The minimum Gasteiger partial charge on any atom is -0.460 e. The predicted molar refractivity (Wildman–Crippen MR) is 131 cm³/mol. The second-order valence-corrected chi connectivity index (χ2v) is 9.40. The fourth-order valence-corrected chi connectivity index (χ4v) is 4.71. The average molecular weight is 482 g/mol. The van der Waals surface area contributed by atoms with Crippen molar-refractivity contribution >= 4 is 35.2 Å². The summed E-state index contributed by atoms with van der Waals surface area (Å²) in [6.45, 7) is 0.393. The van der Waals surface area contributed by atoms with Gasteiger partial charge in [0.15, 0.2) is 10.8 Å². The van der Waals surface area contributed by atoms with Gasteiger partial charge in [0, 0.05) is 11.1 Å². The van der Waals surface area contributed by atoms with Crippen molar-refractivity contribution in [2.75, 3.05) is 6.54 Å². The van der Waals surface area contributed by atoms with Gasteiger partial charge in [0.05, 0.1) is 6.54 Å². The van der Waals surface area contributed by atoms with Crippen LogP contribution >= 0.6 is 23.4 Å². The number of dihydropyridines is 1. The van der Waals surface area contributed by atoms with E-state index in [1.807, 2.05) is 66.8 Å². The number of hydrogen-bond acceptors (Lipinski definition) is 6. The smallest absolute Gasteiger partial charge is 0.323 e. The molecular weight excluding hydrogens is 458 g/mol. The molecule has 2 aromatic carbocycles. The zero-order valence-corrected chi connectivity index (χ0v) is 19.3. The molecule has 0 fully saturated rings. The predicted octanol–water partition coefficient (Wildman–Crippen LogP) is 4.04. The van der Waals surface area contributed by atoms with Crippen LogP contribution < -0.4 is 10.6 Å². The number of carbonyl (C=O) groups is 2. The molecule has 0 radical (unpaired) electrons. The first-order chi connectivity index (χ1) is 16.1. The van der Waals surface area contributed by atoms with Crippen LogP contribution in [0.3, 0.4) is 0 Å². The molecule has 3 unspecified atom stereocenters. The number of halogens is 1. The lowest BCUT2D eigenvalue weighted by Gasteiger charge is -2.33. The Morgan fingerprint density at radius 2 is 1.76 bits per heavy atom. The van der Waals surface area contributed by atoms with E-state index in [9.17, 15) is 9.59 Å². The van der Waals surface area contributed by atoms with Crippen LogP contribution in [0.1, 0.15) is 17.0 Å². The van der Waals surface area contributed by atoms with Crippen molar-refractivity contribution in [1.82, 2.24) is 15.5 Å². The molecular formula is C25H24ClN3O3S. The maximum absolute atomic E-state index is 13.9. The number of amides is 1. The van der Waals surface area contributed by atoms with Crippen LogP contribution in [-0.4, -0.2) is 34.3 Å². The molecule has 33 heavy (non-hydrogen) atoms. The quantitative estimate of drug-likeness (QED) is 0.256. The summed E-state index contributed by atoms with van der Waals surface area (Å²) < 4.78 is 5.60. The number of nitrogens with zero attached hydrogens (tertiary/aromatic N) is 1. The summed E-state index contributed by atoms with van der Waals surface area (Å²) in [5.74, 6) is -2.03. The van der Waals surface area contributed by atoms with Gasteiger partial charge >= 0.3 is 5.97 Å². The van der Waals surface area contributed by atoms with Crippen molar-refractivity contribution in [3.63, 3.8) is 0 Å². The van der Waals surface area contributed by atoms with Gasteiger partial charge < -0.3 is 20.3 Å². The van der Waals surface area contributed by atoms with Crippen molar-refractivity contribution in [1.29, 1.82) is 0 Å². The Bertz CT molecular complexity index is 1060. The van der Waals surface area contributed by atoms with E-state index in [0.29, 0.717) is 12.1 Å². The van der Waals surface area contributed by atoms with E-state index in [-0.39, 0.29) is 17.3 Å². The molecule has 2 aliphatic rings. The number of rotatable bonds is 8. The van der Waals surface area contributed by atoms with Gasteiger partial charge in [-0.3, -0.25) is 9.59 Å². The van der Waals surface area contributed by atoms with Crippen molar-refractivity contribution in [2.45, 2.75) is 23.5 Å².